The van der Waals surface area contributed by atoms with Gasteiger partial charge in [0.25, 0.3) is 0 Å². The molecule has 8 atom stereocenters. The fraction of sp³-hybridized carbons (Fsp3) is 0.625. The maximum Gasteiger partial charge on any atom is 0.303 e. The first-order valence-corrected chi connectivity index (χ1v) is 13.9. The standard InChI is InChI=1S/C32H42O4/c1-20(30(36-22(3)34)23-9-7-6-8-10-23)27-13-14-28-26-12-11-24-19-25(35-21(2)33)15-17-31(24,4)29(26)16-18-32(27,28)5/h6-11,13,20,25-26,28-30H,12,14-19H2,1-5H3/t20-,25-,26-,28-,29-,30-,31-,32+/m0/s1. The summed E-state index contributed by atoms with van der Waals surface area (Å²) in [5.74, 6) is 1.76. The van der Waals surface area contributed by atoms with Crippen molar-refractivity contribution < 1.29 is 19.1 Å². The van der Waals surface area contributed by atoms with Crippen LogP contribution in [0, 0.1) is 34.5 Å². The largest absolute Gasteiger partial charge is 0.462 e. The molecule has 4 heteroatoms. The lowest BCUT2D eigenvalue weighted by Crippen LogP contribution is -2.50. The molecule has 36 heavy (non-hydrogen) atoms. The molecule has 0 aromatic heterocycles. The van der Waals surface area contributed by atoms with Gasteiger partial charge in [-0.15, -0.1) is 0 Å². The van der Waals surface area contributed by atoms with Gasteiger partial charge in [-0.25, -0.2) is 0 Å². The van der Waals surface area contributed by atoms with Crippen LogP contribution in [0.1, 0.15) is 91.2 Å². The lowest BCUT2D eigenvalue weighted by atomic mass is 9.47. The zero-order chi connectivity index (χ0) is 25.7. The second-order valence-electron chi connectivity index (χ2n) is 12.3. The van der Waals surface area contributed by atoms with Crippen LogP contribution in [0.4, 0.5) is 0 Å². The van der Waals surface area contributed by atoms with E-state index in [-0.39, 0.29) is 40.9 Å². The highest BCUT2D eigenvalue weighted by Crippen LogP contribution is 2.66. The molecule has 0 unspecified atom stereocenters. The van der Waals surface area contributed by atoms with Crippen LogP contribution in [0.2, 0.25) is 0 Å². The maximum absolute atomic E-state index is 12.1. The van der Waals surface area contributed by atoms with E-state index in [1.54, 1.807) is 0 Å². The average molecular weight is 491 g/mol. The Morgan fingerprint density at radius 2 is 1.64 bits per heavy atom. The number of hydrogen-bond acceptors (Lipinski definition) is 4. The summed E-state index contributed by atoms with van der Waals surface area (Å²) >= 11 is 0. The van der Waals surface area contributed by atoms with Crippen molar-refractivity contribution in [2.24, 2.45) is 34.5 Å². The third-order valence-corrected chi connectivity index (χ3v) is 10.4. The summed E-state index contributed by atoms with van der Waals surface area (Å²) < 4.78 is 11.6. The first-order valence-electron chi connectivity index (χ1n) is 13.9. The minimum atomic E-state index is -0.254. The Balaban J connectivity index is 1.38. The maximum atomic E-state index is 12.1. The summed E-state index contributed by atoms with van der Waals surface area (Å²) in [6.45, 7) is 10.3. The van der Waals surface area contributed by atoms with Gasteiger partial charge in [0.05, 0.1) is 0 Å². The number of ether oxygens (including phenoxy) is 2. The normalized spacial score (nSPS) is 36.8. The molecule has 0 amide bonds. The molecule has 1 aromatic rings. The second-order valence-corrected chi connectivity index (χ2v) is 12.3. The second kappa shape index (κ2) is 9.50. The first kappa shape index (κ1) is 25.3. The van der Waals surface area contributed by atoms with Gasteiger partial charge in [0.2, 0.25) is 0 Å². The third kappa shape index (κ3) is 4.25. The minimum Gasteiger partial charge on any atom is -0.462 e. The van der Waals surface area contributed by atoms with Crippen molar-refractivity contribution in [3.05, 3.63) is 59.2 Å². The molecule has 4 nitrogen and oxygen atoms in total. The van der Waals surface area contributed by atoms with Crippen molar-refractivity contribution in [2.45, 2.75) is 91.8 Å². The van der Waals surface area contributed by atoms with Crippen LogP contribution in [0.3, 0.4) is 0 Å². The van der Waals surface area contributed by atoms with E-state index in [0.29, 0.717) is 17.8 Å². The lowest BCUT2D eigenvalue weighted by Gasteiger charge is -2.58. The number of fused-ring (bicyclic) bond motifs is 5. The van der Waals surface area contributed by atoms with Crippen molar-refractivity contribution in [1.82, 2.24) is 0 Å². The van der Waals surface area contributed by atoms with E-state index in [1.807, 2.05) is 18.2 Å². The zero-order valence-corrected chi connectivity index (χ0v) is 22.6. The molecule has 0 heterocycles. The number of benzene rings is 1. The van der Waals surface area contributed by atoms with E-state index >= 15 is 0 Å². The zero-order valence-electron chi connectivity index (χ0n) is 22.6. The number of carbonyl (C=O) groups is 2. The lowest BCUT2D eigenvalue weighted by molar-refractivity contribution is -0.149. The van der Waals surface area contributed by atoms with E-state index in [2.05, 4.69) is 45.1 Å². The van der Waals surface area contributed by atoms with Crippen molar-refractivity contribution in [3.63, 3.8) is 0 Å². The summed E-state index contributed by atoms with van der Waals surface area (Å²) in [5.41, 5.74) is 4.45. The highest BCUT2D eigenvalue weighted by atomic mass is 16.5. The third-order valence-electron chi connectivity index (χ3n) is 10.4. The number of carbonyl (C=O) groups excluding carboxylic acids is 2. The molecule has 1 aromatic carbocycles. The van der Waals surface area contributed by atoms with Gasteiger partial charge in [-0.1, -0.05) is 74.4 Å². The summed E-state index contributed by atoms with van der Waals surface area (Å²) in [7, 11) is 0. The molecular weight excluding hydrogens is 448 g/mol. The summed E-state index contributed by atoms with van der Waals surface area (Å²) in [5, 5.41) is 0. The molecular formula is C32H42O4. The van der Waals surface area contributed by atoms with E-state index < -0.39 is 0 Å². The fourth-order valence-corrected chi connectivity index (χ4v) is 8.71. The minimum absolute atomic E-state index is 0.0454. The molecule has 5 rings (SSSR count). The van der Waals surface area contributed by atoms with E-state index in [0.717, 1.165) is 37.7 Å². The molecule has 0 aliphatic heterocycles. The van der Waals surface area contributed by atoms with E-state index in [1.165, 1.54) is 37.8 Å². The van der Waals surface area contributed by atoms with Crippen LogP contribution < -0.4 is 0 Å². The number of allylic oxidation sites excluding steroid dienone is 2. The summed E-state index contributed by atoms with van der Waals surface area (Å²) in [6.07, 6.45) is 12.5. The molecule has 194 valence electrons. The van der Waals surface area contributed by atoms with Gasteiger partial charge < -0.3 is 9.47 Å². The van der Waals surface area contributed by atoms with E-state index in [9.17, 15) is 9.59 Å². The smallest absolute Gasteiger partial charge is 0.303 e. The van der Waals surface area contributed by atoms with Crippen LogP contribution in [0.5, 0.6) is 0 Å². The summed E-state index contributed by atoms with van der Waals surface area (Å²) in [4.78, 5) is 23.6. The van der Waals surface area contributed by atoms with E-state index in [4.69, 9.17) is 9.47 Å². The number of hydrogen-bond donors (Lipinski definition) is 0. The number of rotatable bonds is 5. The molecule has 2 fully saturated rings. The Morgan fingerprint density at radius 1 is 0.917 bits per heavy atom. The molecule has 2 saturated carbocycles. The highest BCUT2D eigenvalue weighted by Gasteiger charge is 2.57. The Kier molecular flexibility index (Phi) is 6.68. The van der Waals surface area contributed by atoms with Gasteiger partial charge in [-0.3, -0.25) is 9.59 Å². The molecule has 0 N–H and O–H groups in total. The van der Waals surface area contributed by atoms with Crippen LogP contribution in [-0.2, 0) is 19.1 Å². The average Bonchev–Trinajstić information content (AvgIpc) is 3.19. The van der Waals surface area contributed by atoms with Crippen molar-refractivity contribution in [2.75, 3.05) is 0 Å². The van der Waals surface area contributed by atoms with Gasteiger partial charge in [-0.05, 0) is 72.7 Å². The van der Waals surface area contributed by atoms with Crippen LogP contribution in [0.25, 0.3) is 0 Å². The van der Waals surface area contributed by atoms with Gasteiger partial charge in [-0.2, -0.15) is 0 Å². The first-order chi connectivity index (χ1) is 17.1. The van der Waals surface area contributed by atoms with Crippen molar-refractivity contribution in [3.8, 4) is 0 Å². The van der Waals surface area contributed by atoms with Gasteiger partial charge in [0, 0.05) is 26.2 Å². The van der Waals surface area contributed by atoms with Crippen molar-refractivity contribution in [1.29, 1.82) is 0 Å². The Labute approximate surface area is 216 Å². The molecule has 0 saturated heterocycles. The molecule has 0 radical (unpaired) electrons. The topological polar surface area (TPSA) is 52.6 Å². The highest BCUT2D eigenvalue weighted by molar-refractivity contribution is 5.66. The molecule has 4 aliphatic carbocycles. The Morgan fingerprint density at radius 3 is 2.33 bits per heavy atom. The predicted octanol–water partition coefficient (Wildman–Crippen LogP) is 7.36. The Bertz CT molecular complexity index is 1070. The van der Waals surface area contributed by atoms with Gasteiger partial charge >= 0.3 is 11.9 Å². The van der Waals surface area contributed by atoms with Crippen LogP contribution in [-0.4, -0.2) is 18.0 Å². The molecule has 4 aliphatic rings. The quantitative estimate of drug-likeness (QED) is 0.320. The van der Waals surface area contributed by atoms with Gasteiger partial charge in [0.15, 0.2) is 0 Å². The molecule has 0 bridgehead atoms. The fourth-order valence-electron chi connectivity index (χ4n) is 8.71. The number of esters is 2. The SMILES string of the molecule is CC(=O)O[C@H]1CC[C@@]2(C)C(=CC[C@@H]3[C@@H]2CC[C@]2(C)C([C@H](C)[C@H](OC(C)=O)c4ccccc4)=CC[C@@H]32)C1. The predicted molar refractivity (Wildman–Crippen MR) is 141 cm³/mol. The van der Waals surface area contributed by atoms with Crippen molar-refractivity contribution >= 4 is 11.9 Å². The van der Waals surface area contributed by atoms with Crippen LogP contribution in [0.15, 0.2) is 53.6 Å². The monoisotopic (exact) mass is 490 g/mol. The Hall–Kier alpha value is -2.36. The van der Waals surface area contributed by atoms with Gasteiger partial charge in [0.1, 0.15) is 12.2 Å². The summed E-state index contributed by atoms with van der Waals surface area (Å²) in [6, 6.07) is 10.2. The van der Waals surface area contributed by atoms with Crippen LogP contribution >= 0.6 is 0 Å². The molecule has 0 spiro atoms.